The van der Waals surface area contributed by atoms with E-state index in [-0.39, 0.29) is 0 Å². The topological polar surface area (TPSA) is 47.8 Å². The van der Waals surface area contributed by atoms with E-state index < -0.39 is 0 Å². The van der Waals surface area contributed by atoms with Crippen LogP contribution in [0.2, 0.25) is 0 Å². The van der Waals surface area contributed by atoms with Crippen molar-refractivity contribution < 1.29 is 4.79 Å². The highest BCUT2D eigenvalue weighted by Gasteiger charge is 2.17. The molecule has 18 heavy (non-hydrogen) atoms. The van der Waals surface area contributed by atoms with E-state index in [4.69, 9.17) is 0 Å². The smallest absolute Gasteiger partial charge is 0.159 e. The molecule has 0 aliphatic rings. The Kier molecular flexibility index (Phi) is 2.41. The number of hydrogen-bond donors (Lipinski definition) is 0. The number of fused-ring (bicyclic) bond motifs is 1. The van der Waals surface area contributed by atoms with Gasteiger partial charge in [0.1, 0.15) is 5.52 Å². The number of carbonyl (C=O) groups is 1. The highest BCUT2D eigenvalue weighted by molar-refractivity contribution is 6.01. The maximum Gasteiger partial charge on any atom is 0.159 e. The lowest BCUT2D eigenvalue weighted by atomic mass is 10.1. The van der Waals surface area contributed by atoms with E-state index in [0.29, 0.717) is 11.1 Å². The van der Waals surface area contributed by atoms with Crippen molar-refractivity contribution in [3.05, 3.63) is 48.3 Å². The van der Waals surface area contributed by atoms with Crippen molar-refractivity contribution in [1.29, 1.82) is 0 Å². The highest BCUT2D eigenvalue weighted by atomic mass is 16.1. The van der Waals surface area contributed by atoms with E-state index >= 15 is 0 Å². The quantitative estimate of drug-likeness (QED) is 0.643. The fourth-order valence-electron chi connectivity index (χ4n) is 2.22. The zero-order valence-electron chi connectivity index (χ0n) is 9.87. The summed E-state index contributed by atoms with van der Waals surface area (Å²) in [5.41, 5.74) is 3.80. The van der Waals surface area contributed by atoms with E-state index in [1.165, 1.54) is 0 Å². The second-order valence-corrected chi connectivity index (χ2v) is 4.03. The van der Waals surface area contributed by atoms with Crippen molar-refractivity contribution in [2.75, 3.05) is 0 Å². The van der Waals surface area contributed by atoms with Gasteiger partial charge in [0.15, 0.2) is 11.9 Å². The molecule has 0 saturated carbocycles. The molecular weight excluding hydrogens is 226 g/mol. The molecule has 0 N–H and O–H groups in total. The third-order valence-corrected chi connectivity index (χ3v) is 3.01. The maximum atomic E-state index is 11.3. The molecule has 0 atom stereocenters. The predicted molar refractivity (Wildman–Crippen MR) is 69.3 cm³/mol. The second-order valence-electron chi connectivity index (χ2n) is 4.03. The van der Waals surface area contributed by atoms with E-state index in [1.54, 1.807) is 12.4 Å². The van der Waals surface area contributed by atoms with Crippen LogP contribution in [0.15, 0.2) is 42.7 Å². The molecule has 0 aliphatic heterocycles. The Hall–Kier alpha value is -2.49. The number of carbonyl (C=O) groups excluding carboxylic acids is 1. The molecule has 0 aliphatic carbocycles. The van der Waals surface area contributed by atoms with Gasteiger partial charge in [-0.3, -0.25) is 9.78 Å². The Morgan fingerprint density at radius 3 is 2.56 bits per heavy atom. The highest BCUT2D eigenvalue weighted by Crippen LogP contribution is 2.29. The fourth-order valence-corrected chi connectivity index (χ4v) is 2.22. The first-order valence-corrected chi connectivity index (χ1v) is 5.63. The number of nitrogens with zero attached hydrogens (tertiary/aromatic N) is 3. The number of rotatable bonds is 2. The average Bonchev–Trinajstić information content (AvgIpc) is 2.73. The zero-order chi connectivity index (χ0) is 12.5. The molecule has 0 unspecified atom stereocenters. The molecule has 2 heterocycles. The summed E-state index contributed by atoms with van der Waals surface area (Å²) in [7, 11) is 1.90. The summed E-state index contributed by atoms with van der Waals surface area (Å²) in [5, 5.41) is 0. The van der Waals surface area contributed by atoms with E-state index in [2.05, 4.69) is 9.97 Å². The molecule has 4 heteroatoms. The second kappa shape index (κ2) is 4.07. The Bertz CT molecular complexity index is 716. The third kappa shape index (κ3) is 1.43. The predicted octanol–water partition coefficient (Wildman–Crippen LogP) is 2.45. The van der Waals surface area contributed by atoms with E-state index in [9.17, 15) is 4.79 Å². The van der Waals surface area contributed by atoms with Crippen LogP contribution in [0.3, 0.4) is 0 Å². The number of aromatic nitrogens is 3. The van der Waals surface area contributed by atoms with Crippen molar-refractivity contribution in [3.63, 3.8) is 0 Å². The van der Waals surface area contributed by atoms with Gasteiger partial charge in [-0.1, -0.05) is 30.3 Å². The number of aryl methyl sites for hydroxylation is 1. The van der Waals surface area contributed by atoms with Gasteiger partial charge in [0, 0.05) is 19.4 Å². The van der Waals surface area contributed by atoms with E-state index in [0.717, 1.165) is 23.2 Å². The molecule has 0 saturated heterocycles. The van der Waals surface area contributed by atoms with Gasteiger partial charge < -0.3 is 4.57 Å². The van der Waals surface area contributed by atoms with Crippen molar-refractivity contribution in [3.8, 4) is 11.3 Å². The van der Waals surface area contributed by atoms with Crippen LogP contribution >= 0.6 is 0 Å². The first-order chi connectivity index (χ1) is 8.83. The molecule has 88 valence electrons. The Morgan fingerprint density at radius 1 is 1.11 bits per heavy atom. The normalized spacial score (nSPS) is 10.7. The van der Waals surface area contributed by atoms with Gasteiger partial charge in [-0.25, -0.2) is 4.98 Å². The lowest BCUT2D eigenvalue weighted by Crippen LogP contribution is -1.94. The minimum Gasteiger partial charge on any atom is -0.326 e. The Labute approximate surface area is 104 Å². The lowest BCUT2D eigenvalue weighted by Gasteiger charge is -2.04. The summed E-state index contributed by atoms with van der Waals surface area (Å²) >= 11 is 0. The van der Waals surface area contributed by atoms with Gasteiger partial charge in [0.25, 0.3) is 0 Å². The summed E-state index contributed by atoms with van der Waals surface area (Å²) in [6.07, 6.45) is 4.08. The molecule has 3 rings (SSSR count). The molecule has 2 aromatic heterocycles. The molecule has 0 spiro atoms. The van der Waals surface area contributed by atoms with Crippen LogP contribution in [-0.4, -0.2) is 20.8 Å². The van der Waals surface area contributed by atoms with Crippen LogP contribution in [0, 0.1) is 0 Å². The minimum atomic E-state index is 0.590. The van der Waals surface area contributed by atoms with Gasteiger partial charge in [-0.15, -0.1) is 0 Å². The summed E-state index contributed by atoms with van der Waals surface area (Å²) in [5.74, 6) is 0. The van der Waals surface area contributed by atoms with Crippen LogP contribution in [0.25, 0.3) is 22.4 Å². The molecule has 4 nitrogen and oxygen atoms in total. The summed E-state index contributed by atoms with van der Waals surface area (Å²) in [6.45, 7) is 0. The van der Waals surface area contributed by atoms with Gasteiger partial charge in [0.05, 0.1) is 11.3 Å². The standard InChI is InChI=1S/C14H11N3O/c1-17-13(10-5-3-2-4-6-10)11(9-18)12-14(17)16-8-7-15-12/h2-9H,1H3. The third-order valence-electron chi connectivity index (χ3n) is 3.01. The van der Waals surface area contributed by atoms with Gasteiger partial charge >= 0.3 is 0 Å². The molecule has 0 fully saturated rings. The van der Waals surface area contributed by atoms with E-state index in [1.807, 2.05) is 41.9 Å². The van der Waals surface area contributed by atoms with Gasteiger partial charge in [-0.2, -0.15) is 0 Å². The van der Waals surface area contributed by atoms with Crippen molar-refractivity contribution in [2.24, 2.45) is 7.05 Å². The van der Waals surface area contributed by atoms with Gasteiger partial charge in [0.2, 0.25) is 0 Å². The summed E-state index contributed by atoms with van der Waals surface area (Å²) in [6, 6.07) is 9.79. The Morgan fingerprint density at radius 2 is 1.83 bits per heavy atom. The van der Waals surface area contributed by atoms with Crippen molar-refractivity contribution >= 4 is 17.5 Å². The average molecular weight is 237 g/mol. The first-order valence-electron chi connectivity index (χ1n) is 5.63. The zero-order valence-corrected chi connectivity index (χ0v) is 9.87. The number of benzene rings is 1. The van der Waals surface area contributed by atoms with Crippen LogP contribution in [0.1, 0.15) is 10.4 Å². The summed E-state index contributed by atoms with van der Waals surface area (Å²) in [4.78, 5) is 19.9. The SMILES string of the molecule is Cn1c(-c2ccccc2)c(C=O)c2nccnc21. The molecule has 0 amide bonds. The van der Waals surface area contributed by atoms with Crippen LogP contribution in [-0.2, 0) is 7.05 Å². The Balaban J connectivity index is 2.42. The van der Waals surface area contributed by atoms with Crippen LogP contribution in [0.5, 0.6) is 0 Å². The first kappa shape index (κ1) is 10.7. The number of aldehydes is 1. The largest absolute Gasteiger partial charge is 0.326 e. The molecule has 3 aromatic rings. The lowest BCUT2D eigenvalue weighted by molar-refractivity contribution is 0.112. The van der Waals surface area contributed by atoms with Crippen LogP contribution < -0.4 is 0 Å². The van der Waals surface area contributed by atoms with Crippen molar-refractivity contribution in [1.82, 2.24) is 14.5 Å². The summed E-state index contributed by atoms with van der Waals surface area (Å²) < 4.78 is 1.90. The monoisotopic (exact) mass is 237 g/mol. The van der Waals surface area contributed by atoms with Crippen molar-refractivity contribution in [2.45, 2.75) is 0 Å². The van der Waals surface area contributed by atoms with Crippen LogP contribution in [0.4, 0.5) is 0 Å². The molecule has 0 bridgehead atoms. The molecule has 0 radical (unpaired) electrons. The number of hydrogen-bond acceptors (Lipinski definition) is 3. The van der Waals surface area contributed by atoms with Gasteiger partial charge in [-0.05, 0) is 5.56 Å². The fraction of sp³-hybridized carbons (Fsp3) is 0.0714. The molecule has 1 aromatic carbocycles. The maximum absolute atomic E-state index is 11.3. The minimum absolute atomic E-state index is 0.590. The molecular formula is C14H11N3O.